The molecule has 0 saturated carbocycles. The third kappa shape index (κ3) is 1.71. The number of aromatic nitrogens is 3. The summed E-state index contributed by atoms with van der Waals surface area (Å²) in [5.41, 5.74) is 2.51. The number of H-pyrrole nitrogens is 1. The summed E-state index contributed by atoms with van der Waals surface area (Å²) in [6, 6.07) is 3.34. The molecule has 2 aromatic heterocycles. The summed E-state index contributed by atoms with van der Waals surface area (Å²) in [4.78, 5) is 14.6. The predicted molar refractivity (Wildman–Crippen MR) is 53.5 cm³/mol. The number of aromatic carboxylic acids is 1. The molecule has 5 heteroatoms. The minimum atomic E-state index is -1.02. The van der Waals surface area contributed by atoms with Crippen LogP contribution in [-0.2, 0) is 0 Å². The number of pyridine rings is 1. The largest absolute Gasteiger partial charge is 0.477 e. The number of carboxylic acids is 1. The maximum Gasteiger partial charge on any atom is 0.353 e. The van der Waals surface area contributed by atoms with Crippen LogP contribution in [0.3, 0.4) is 0 Å². The highest BCUT2D eigenvalue weighted by Gasteiger charge is 2.10. The van der Waals surface area contributed by atoms with Crippen molar-refractivity contribution >= 4 is 5.97 Å². The first-order chi connectivity index (χ1) is 7.18. The standard InChI is InChI=1S/C10H9N3O2/c1-6-2-3-11-5-7(6)8-4-9(10(14)15)13-12-8/h2-5H,1H3,(H,12,13)(H,14,15). The van der Waals surface area contributed by atoms with Crippen molar-refractivity contribution in [3.8, 4) is 11.3 Å². The summed E-state index contributed by atoms with van der Waals surface area (Å²) < 4.78 is 0. The fourth-order valence-electron chi connectivity index (χ4n) is 1.30. The Kier molecular flexibility index (Phi) is 2.21. The zero-order valence-electron chi connectivity index (χ0n) is 8.06. The molecule has 0 unspecified atom stereocenters. The minimum Gasteiger partial charge on any atom is -0.477 e. The van der Waals surface area contributed by atoms with E-state index in [2.05, 4.69) is 15.2 Å². The van der Waals surface area contributed by atoms with Gasteiger partial charge in [0.15, 0.2) is 0 Å². The number of rotatable bonds is 2. The van der Waals surface area contributed by atoms with Crippen LogP contribution in [0.5, 0.6) is 0 Å². The van der Waals surface area contributed by atoms with Crippen molar-refractivity contribution in [1.29, 1.82) is 0 Å². The molecule has 0 bridgehead atoms. The SMILES string of the molecule is Cc1ccncc1-c1cc(C(=O)O)[nH]n1. The van der Waals surface area contributed by atoms with Gasteiger partial charge in [-0.2, -0.15) is 5.10 Å². The highest BCUT2D eigenvalue weighted by Crippen LogP contribution is 2.20. The predicted octanol–water partition coefficient (Wildman–Crippen LogP) is 1.48. The molecule has 0 aliphatic heterocycles. The molecule has 0 radical (unpaired) electrons. The molecule has 5 nitrogen and oxygen atoms in total. The normalized spacial score (nSPS) is 10.2. The van der Waals surface area contributed by atoms with E-state index in [4.69, 9.17) is 5.11 Å². The molecule has 0 aliphatic rings. The zero-order chi connectivity index (χ0) is 10.8. The Labute approximate surface area is 85.8 Å². The smallest absolute Gasteiger partial charge is 0.353 e. The van der Waals surface area contributed by atoms with Crippen LogP contribution in [0.25, 0.3) is 11.3 Å². The minimum absolute atomic E-state index is 0.0771. The molecular weight excluding hydrogens is 194 g/mol. The number of hydrogen-bond donors (Lipinski definition) is 2. The van der Waals surface area contributed by atoms with Gasteiger partial charge in [0.2, 0.25) is 0 Å². The van der Waals surface area contributed by atoms with E-state index in [0.29, 0.717) is 5.69 Å². The Balaban J connectivity index is 2.46. The van der Waals surface area contributed by atoms with E-state index in [1.165, 1.54) is 6.07 Å². The van der Waals surface area contributed by atoms with Gasteiger partial charge in [0, 0.05) is 18.0 Å². The van der Waals surface area contributed by atoms with Crippen LogP contribution in [0.2, 0.25) is 0 Å². The summed E-state index contributed by atoms with van der Waals surface area (Å²) in [5.74, 6) is -1.02. The summed E-state index contributed by atoms with van der Waals surface area (Å²) in [7, 11) is 0. The summed E-state index contributed by atoms with van der Waals surface area (Å²) in [6.07, 6.45) is 3.35. The van der Waals surface area contributed by atoms with Crippen LogP contribution in [-0.4, -0.2) is 26.3 Å². The van der Waals surface area contributed by atoms with Crippen molar-refractivity contribution in [1.82, 2.24) is 15.2 Å². The molecule has 0 aliphatic carbocycles. The molecular formula is C10H9N3O2. The van der Waals surface area contributed by atoms with Gasteiger partial charge in [-0.05, 0) is 24.6 Å². The molecule has 0 fully saturated rings. The van der Waals surface area contributed by atoms with E-state index in [1.54, 1.807) is 12.4 Å². The third-order valence-corrected chi connectivity index (χ3v) is 2.12. The first-order valence-electron chi connectivity index (χ1n) is 4.38. The third-order valence-electron chi connectivity index (χ3n) is 2.12. The lowest BCUT2D eigenvalue weighted by molar-refractivity contribution is 0.0690. The fourth-order valence-corrected chi connectivity index (χ4v) is 1.30. The first kappa shape index (κ1) is 9.39. The topological polar surface area (TPSA) is 78.9 Å². The van der Waals surface area contributed by atoms with E-state index in [9.17, 15) is 4.79 Å². The molecule has 2 N–H and O–H groups in total. The second-order valence-corrected chi connectivity index (χ2v) is 3.16. The molecule has 0 amide bonds. The van der Waals surface area contributed by atoms with Gasteiger partial charge in [0.25, 0.3) is 0 Å². The van der Waals surface area contributed by atoms with Crippen LogP contribution in [0.15, 0.2) is 24.5 Å². The van der Waals surface area contributed by atoms with E-state index in [1.807, 2.05) is 13.0 Å². The van der Waals surface area contributed by atoms with Crippen molar-refractivity contribution in [2.75, 3.05) is 0 Å². The highest BCUT2D eigenvalue weighted by molar-refractivity contribution is 5.86. The van der Waals surface area contributed by atoms with Crippen molar-refractivity contribution in [3.05, 3.63) is 35.8 Å². The molecule has 0 aromatic carbocycles. The lowest BCUT2D eigenvalue weighted by Gasteiger charge is -1.98. The van der Waals surface area contributed by atoms with Gasteiger partial charge in [-0.25, -0.2) is 4.79 Å². The molecule has 15 heavy (non-hydrogen) atoms. The lowest BCUT2D eigenvalue weighted by Crippen LogP contribution is -1.95. The number of hydrogen-bond acceptors (Lipinski definition) is 3. The summed E-state index contributed by atoms with van der Waals surface area (Å²) in [6.45, 7) is 1.92. The number of carbonyl (C=O) groups is 1. The first-order valence-corrected chi connectivity index (χ1v) is 4.38. The quantitative estimate of drug-likeness (QED) is 0.774. The zero-order valence-corrected chi connectivity index (χ0v) is 8.06. The lowest BCUT2D eigenvalue weighted by atomic mass is 10.1. The monoisotopic (exact) mass is 203 g/mol. The highest BCUT2D eigenvalue weighted by atomic mass is 16.4. The average molecular weight is 203 g/mol. The van der Waals surface area contributed by atoms with Crippen molar-refractivity contribution in [2.24, 2.45) is 0 Å². The Bertz CT molecular complexity index is 505. The number of nitrogens with zero attached hydrogens (tertiary/aromatic N) is 2. The second kappa shape index (κ2) is 3.53. The number of aromatic amines is 1. The average Bonchev–Trinajstić information content (AvgIpc) is 2.67. The summed E-state index contributed by atoms with van der Waals surface area (Å²) in [5, 5.41) is 15.1. The maximum absolute atomic E-state index is 10.6. The Morgan fingerprint density at radius 2 is 2.33 bits per heavy atom. The molecule has 2 rings (SSSR count). The Hall–Kier alpha value is -2.17. The number of aryl methyl sites for hydroxylation is 1. The molecule has 0 atom stereocenters. The van der Waals surface area contributed by atoms with Crippen molar-refractivity contribution < 1.29 is 9.90 Å². The van der Waals surface area contributed by atoms with Gasteiger partial charge < -0.3 is 5.11 Å². The number of nitrogens with one attached hydrogen (secondary N) is 1. The van der Waals surface area contributed by atoms with Gasteiger partial charge in [-0.1, -0.05) is 0 Å². The van der Waals surface area contributed by atoms with Crippen molar-refractivity contribution in [2.45, 2.75) is 6.92 Å². The van der Waals surface area contributed by atoms with Gasteiger partial charge in [0.05, 0.1) is 5.69 Å². The van der Waals surface area contributed by atoms with Crippen LogP contribution in [0.4, 0.5) is 0 Å². The fraction of sp³-hybridized carbons (Fsp3) is 0.100. The van der Waals surface area contributed by atoms with E-state index < -0.39 is 5.97 Å². The maximum atomic E-state index is 10.6. The Morgan fingerprint density at radius 3 is 2.93 bits per heavy atom. The molecule has 2 aromatic rings. The van der Waals surface area contributed by atoms with Crippen LogP contribution >= 0.6 is 0 Å². The van der Waals surface area contributed by atoms with Crippen LogP contribution < -0.4 is 0 Å². The molecule has 0 saturated heterocycles. The second-order valence-electron chi connectivity index (χ2n) is 3.16. The van der Waals surface area contributed by atoms with E-state index in [-0.39, 0.29) is 5.69 Å². The van der Waals surface area contributed by atoms with Crippen molar-refractivity contribution in [3.63, 3.8) is 0 Å². The van der Waals surface area contributed by atoms with E-state index in [0.717, 1.165) is 11.1 Å². The molecule has 2 heterocycles. The Morgan fingerprint density at radius 1 is 1.53 bits per heavy atom. The molecule has 0 spiro atoms. The van der Waals surface area contributed by atoms with Gasteiger partial charge in [0.1, 0.15) is 5.69 Å². The summed E-state index contributed by atoms with van der Waals surface area (Å²) >= 11 is 0. The van der Waals surface area contributed by atoms with Gasteiger partial charge in [-0.15, -0.1) is 0 Å². The van der Waals surface area contributed by atoms with Gasteiger partial charge >= 0.3 is 5.97 Å². The van der Waals surface area contributed by atoms with Crippen LogP contribution in [0, 0.1) is 6.92 Å². The molecule has 76 valence electrons. The van der Waals surface area contributed by atoms with E-state index >= 15 is 0 Å². The van der Waals surface area contributed by atoms with Crippen LogP contribution in [0.1, 0.15) is 16.1 Å². The number of carboxylic acid groups (broad SMARTS) is 1. The van der Waals surface area contributed by atoms with Gasteiger partial charge in [-0.3, -0.25) is 10.1 Å².